The van der Waals surface area contributed by atoms with Gasteiger partial charge in [0, 0.05) is 6.20 Å². The summed E-state index contributed by atoms with van der Waals surface area (Å²) < 4.78 is 3.64. The minimum atomic E-state index is 0.836. The molecule has 0 spiro atoms. The Hall–Kier alpha value is -0.170. The van der Waals surface area contributed by atoms with Crippen LogP contribution in [-0.2, 0) is 0 Å². The van der Waals surface area contributed by atoms with Crippen molar-refractivity contribution < 1.29 is 0 Å². The van der Waals surface area contributed by atoms with Crippen LogP contribution >= 0.6 is 38.5 Å². The van der Waals surface area contributed by atoms with Crippen LogP contribution < -0.4 is 0 Å². The molecule has 0 saturated heterocycles. The third kappa shape index (κ3) is 1.26. The van der Waals surface area contributed by atoms with Crippen LogP contribution in [0.15, 0.2) is 23.1 Å². The first-order chi connectivity index (χ1) is 5.27. The first kappa shape index (κ1) is 7.48. The lowest BCUT2D eigenvalue weighted by Crippen LogP contribution is -1.88. The van der Waals surface area contributed by atoms with Crippen molar-refractivity contribution in [2.75, 3.05) is 0 Å². The molecule has 5 heteroatoms. The molecule has 11 heavy (non-hydrogen) atoms. The number of aromatic nitrogens is 3. The standard InChI is InChI=1S/C6H3BrIN3/c7-5-1-2-11-6(10-5)4(8)3-9-11/h1-3H. The van der Waals surface area contributed by atoms with E-state index in [1.54, 1.807) is 10.7 Å². The molecule has 56 valence electrons. The van der Waals surface area contributed by atoms with E-state index in [1.807, 2.05) is 12.3 Å². The second kappa shape index (κ2) is 2.71. The molecule has 0 N–H and O–H groups in total. The van der Waals surface area contributed by atoms with Gasteiger partial charge in [0.05, 0.1) is 9.77 Å². The molecule has 0 saturated carbocycles. The van der Waals surface area contributed by atoms with Gasteiger partial charge in [0.25, 0.3) is 0 Å². The number of fused-ring (bicyclic) bond motifs is 1. The zero-order valence-electron chi connectivity index (χ0n) is 5.33. The van der Waals surface area contributed by atoms with Crippen molar-refractivity contribution >= 4 is 44.2 Å². The summed E-state index contributed by atoms with van der Waals surface area (Å²) in [5.41, 5.74) is 0.889. The van der Waals surface area contributed by atoms with E-state index < -0.39 is 0 Å². The van der Waals surface area contributed by atoms with Crippen LogP contribution in [0.4, 0.5) is 0 Å². The van der Waals surface area contributed by atoms with Crippen molar-refractivity contribution in [2.24, 2.45) is 0 Å². The Morgan fingerprint density at radius 2 is 2.36 bits per heavy atom. The molecule has 2 aromatic heterocycles. The van der Waals surface area contributed by atoms with E-state index in [4.69, 9.17) is 0 Å². The number of nitrogens with zero attached hydrogens (tertiary/aromatic N) is 3. The van der Waals surface area contributed by atoms with E-state index in [2.05, 4.69) is 48.6 Å². The first-order valence-corrected chi connectivity index (χ1v) is 4.80. The fourth-order valence-corrected chi connectivity index (χ4v) is 1.60. The largest absolute Gasteiger partial charge is 0.221 e. The van der Waals surface area contributed by atoms with E-state index in [0.717, 1.165) is 13.8 Å². The van der Waals surface area contributed by atoms with Crippen molar-refractivity contribution in [1.29, 1.82) is 0 Å². The maximum absolute atomic E-state index is 4.24. The minimum Gasteiger partial charge on any atom is -0.221 e. The van der Waals surface area contributed by atoms with Crippen molar-refractivity contribution in [3.8, 4) is 0 Å². The van der Waals surface area contributed by atoms with Gasteiger partial charge in [0.1, 0.15) is 4.60 Å². The summed E-state index contributed by atoms with van der Waals surface area (Å²) in [6, 6.07) is 1.86. The number of rotatable bonds is 0. The van der Waals surface area contributed by atoms with Gasteiger partial charge in [0.15, 0.2) is 5.65 Å². The Balaban J connectivity index is 2.87. The Morgan fingerprint density at radius 1 is 1.55 bits per heavy atom. The molecule has 0 aliphatic heterocycles. The fraction of sp³-hybridized carbons (Fsp3) is 0. The van der Waals surface area contributed by atoms with E-state index in [-0.39, 0.29) is 0 Å². The normalized spacial score (nSPS) is 10.7. The zero-order chi connectivity index (χ0) is 7.84. The predicted octanol–water partition coefficient (Wildman–Crippen LogP) is 2.10. The number of halogens is 2. The summed E-state index contributed by atoms with van der Waals surface area (Å²) in [6.07, 6.45) is 3.66. The van der Waals surface area contributed by atoms with Crippen LogP contribution in [0.1, 0.15) is 0 Å². The molecule has 0 aliphatic rings. The maximum Gasteiger partial charge on any atom is 0.169 e. The van der Waals surface area contributed by atoms with Gasteiger partial charge in [-0.05, 0) is 44.6 Å². The van der Waals surface area contributed by atoms with E-state index in [1.165, 1.54) is 0 Å². The van der Waals surface area contributed by atoms with E-state index in [9.17, 15) is 0 Å². The van der Waals surface area contributed by atoms with Crippen LogP contribution in [-0.4, -0.2) is 14.6 Å². The second-order valence-corrected chi connectivity index (χ2v) is 3.99. The molecule has 0 atom stereocenters. The maximum atomic E-state index is 4.24. The van der Waals surface area contributed by atoms with Gasteiger partial charge in [-0.1, -0.05) is 0 Å². The van der Waals surface area contributed by atoms with Crippen LogP contribution in [0.5, 0.6) is 0 Å². The average Bonchev–Trinajstić information content (AvgIpc) is 2.33. The summed E-state index contributed by atoms with van der Waals surface area (Å²) in [5, 5.41) is 4.09. The third-order valence-electron chi connectivity index (χ3n) is 1.29. The fourth-order valence-electron chi connectivity index (χ4n) is 0.819. The summed E-state index contributed by atoms with van der Waals surface area (Å²) in [4.78, 5) is 4.24. The summed E-state index contributed by atoms with van der Waals surface area (Å²) in [7, 11) is 0. The van der Waals surface area contributed by atoms with Gasteiger partial charge < -0.3 is 0 Å². The Morgan fingerprint density at radius 3 is 3.18 bits per heavy atom. The topological polar surface area (TPSA) is 30.2 Å². The molecule has 0 aliphatic carbocycles. The van der Waals surface area contributed by atoms with Gasteiger partial charge in [0.2, 0.25) is 0 Å². The monoisotopic (exact) mass is 323 g/mol. The van der Waals surface area contributed by atoms with E-state index in [0.29, 0.717) is 0 Å². The Kier molecular flexibility index (Phi) is 1.84. The first-order valence-electron chi connectivity index (χ1n) is 2.93. The molecule has 3 nitrogen and oxygen atoms in total. The zero-order valence-corrected chi connectivity index (χ0v) is 9.07. The molecule has 2 heterocycles. The van der Waals surface area contributed by atoms with Crippen molar-refractivity contribution in [3.05, 3.63) is 26.6 Å². The summed E-state index contributed by atoms with van der Waals surface area (Å²) in [5.74, 6) is 0. The second-order valence-electron chi connectivity index (χ2n) is 2.01. The molecule has 0 unspecified atom stereocenters. The van der Waals surface area contributed by atoms with Crippen molar-refractivity contribution in [1.82, 2.24) is 14.6 Å². The third-order valence-corrected chi connectivity index (χ3v) is 2.49. The lowest BCUT2D eigenvalue weighted by molar-refractivity contribution is 0.934. The van der Waals surface area contributed by atoms with Gasteiger partial charge in [-0.3, -0.25) is 0 Å². The summed E-state index contributed by atoms with van der Waals surface area (Å²) in [6.45, 7) is 0. The Labute approximate surface area is 85.1 Å². The lowest BCUT2D eigenvalue weighted by Gasteiger charge is -1.91. The van der Waals surface area contributed by atoms with Gasteiger partial charge in [-0.25, -0.2) is 9.50 Å². The highest BCUT2D eigenvalue weighted by molar-refractivity contribution is 14.1. The molecule has 2 rings (SSSR count). The van der Waals surface area contributed by atoms with E-state index >= 15 is 0 Å². The van der Waals surface area contributed by atoms with Crippen LogP contribution in [0, 0.1) is 3.57 Å². The van der Waals surface area contributed by atoms with Crippen molar-refractivity contribution in [2.45, 2.75) is 0 Å². The molecule has 0 aromatic carbocycles. The number of hydrogen-bond acceptors (Lipinski definition) is 2. The lowest BCUT2D eigenvalue weighted by atomic mass is 10.6. The summed E-state index contributed by atoms with van der Waals surface area (Å²) >= 11 is 5.50. The highest BCUT2D eigenvalue weighted by atomic mass is 127. The molecule has 0 fully saturated rings. The molecule has 0 radical (unpaired) electrons. The SMILES string of the molecule is Brc1ccn2ncc(I)c2n1. The quantitative estimate of drug-likeness (QED) is 0.549. The molecular weight excluding hydrogens is 321 g/mol. The number of hydrogen-bond donors (Lipinski definition) is 0. The molecule has 2 aromatic rings. The predicted molar refractivity (Wildman–Crippen MR) is 53.4 cm³/mol. The Bertz CT molecular complexity index is 398. The van der Waals surface area contributed by atoms with Crippen molar-refractivity contribution in [3.63, 3.8) is 0 Å². The van der Waals surface area contributed by atoms with Crippen LogP contribution in [0.25, 0.3) is 5.65 Å². The molecule has 0 amide bonds. The highest BCUT2D eigenvalue weighted by Crippen LogP contribution is 2.13. The highest BCUT2D eigenvalue weighted by Gasteiger charge is 2.00. The van der Waals surface area contributed by atoms with Gasteiger partial charge in [-0.15, -0.1) is 0 Å². The van der Waals surface area contributed by atoms with Gasteiger partial charge in [-0.2, -0.15) is 5.10 Å². The minimum absolute atomic E-state index is 0.836. The average molecular weight is 324 g/mol. The molecular formula is C6H3BrIN3. The molecule has 0 bridgehead atoms. The van der Waals surface area contributed by atoms with Gasteiger partial charge >= 0.3 is 0 Å². The smallest absolute Gasteiger partial charge is 0.169 e. The van der Waals surface area contributed by atoms with Crippen LogP contribution in [0.2, 0.25) is 0 Å². The van der Waals surface area contributed by atoms with Crippen LogP contribution in [0.3, 0.4) is 0 Å².